The molecule has 4 N–H and O–H groups in total. The molecular formula is C15H24N2O3. The van der Waals surface area contributed by atoms with Gasteiger partial charge in [-0.25, -0.2) is 0 Å². The highest BCUT2D eigenvalue weighted by molar-refractivity contribution is 5.95. The lowest BCUT2D eigenvalue weighted by atomic mass is 10.1. The summed E-state index contributed by atoms with van der Waals surface area (Å²) in [7, 11) is 0. The summed E-state index contributed by atoms with van der Waals surface area (Å²) in [6.07, 6.45) is 0.130. The molecule has 0 spiro atoms. The molecule has 0 saturated heterocycles. The van der Waals surface area contributed by atoms with E-state index in [0.29, 0.717) is 35.9 Å². The Morgan fingerprint density at radius 2 is 2.15 bits per heavy atom. The van der Waals surface area contributed by atoms with Crippen LogP contribution >= 0.6 is 0 Å². The van der Waals surface area contributed by atoms with Crippen LogP contribution in [0.2, 0.25) is 0 Å². The second-order valence-electron chi connectivity index (χ2n) is 5.18. The van der Waals surface area contributed by atoms with E-state index in [-0.39, 0.29) is 12.5 Å². The van der Waals surface area contributed by atoms with Crippen molar-refractivity contribution in [2.24, 2.45) is 5.92 Å². The van der Waals surface area contributed by atoms with Gasteiger partial charge in [0.15, 0.2) is 0 Å². The fourth-order valence-corrected chi connectivity index (χ4v) is 1.92. The van der Waals surface area contributed by atoms with Crippen molar-refractivity contribution in [2.75, 3.05) is 18.9 Å². The van der Waals surface area contributed by atoms with E-state index in [1.165, 1.54) is 0 Å². The van der Waals surface area contributed by atoms with Crippen molar-refractivity contribution in [3.05, 3.63) is 23.8 Å². The molecule has 0 fully saturated rings. The van der Waals surface area contributed by atoms with Gasteiger partial charge in [-0.1, -0.05) is 13.8 Å². The van der Waals surface area contributed by atoms with Crippen molar-refractivity contribution in [2.45, 2.75) is 33.3 Å². The van der Waals surface area contributed by atoms with E-state index in [4.69, 9.17) is 10.5 Å². The lowest BCUT2D eigenvalue weighted by Crippen LogP contribution is -2.32. The van der Waals surface area contributed by atoms with Gasteiger partial charge in [0.05, 0.1) is 18.4 Å². The van der Waals surface area contributed by atoms with Crippen LogP contribution in [0.1, 0.15) is 37.6 Å². The van der Waals surface area contributed by atoms with E-state index in [1.54, 1.807) is 18.2 Å². The van der Waals surface area contributed by atoms with Crippen LogP contribution in [0.3, 0.4) is 0 Å². The van der Waals surface area contributed by atoms with Crippen molar-refractivity contribution >= 4 is 11.6 Å². The van der Waals surface area contributed by atoms with E-state index in [9.17, 15) is 9.90 Å². The van der Waals surface area contributed by atoms with Gasteiger partial charge in [0.1, 0.15) is 5.75 Å². The molecule has 1 aromatic rings. The molecule has 5 nitrogen and oxygen atoms in total. The van der Waals surface area contributed by atoms with Crippen LogP contribution < -0.4 is 15.8 Å². The molecular weight excluding hydrogens is 256 g/mol. The maximum Gasteiger partial charge on any atom is 0.251 e. The van der Waals surface area contributed by atoms with Crippen LogP contribution in [0.15, 0.2) is 18.2 Å². The standard InChI is InChI=1S/C15H24N2O3/c1-4-20-14-6-5-11(8-13(14)16)15(19)17-9-12(18)7-10(2)3/h5-6,8,10,12,18H,4,7,9,16H2,1-3H3,(H,17,19). The van der Waals surface area contributed by atoms with Crippen LogP contribution in [0.5, 0.6) is 5.75 Å². The molecule has 1 unspecified atom stereocenters. The monoisotopic (exact) mass is 280 g/mol. The number of rotatable bonds is 7. The molecule has 0 aliphatic carbocycles. The number of aliphatic hydroxyl groups excluding tert-OH is 1. The molecule has 1 atom stereocenters. The van der Waals surface area contributed by atoms with Crippen molar-refractivity contribution in [3.8, 4) is 5.75 Å². The molecule has 0 aromatic heterocycles. The molecule has 5 heteroatoms. The SMILES string of the molecule is CCOc1ccc(C(=O)NCC(O)CC(C)C)cc1N. The zero-order chi connectivity index (χ0) is 15.1. The first-order chi connectivity index (χ1) is 9.43. The first-order valence-corrected chi connectivity index (χ1v) is 6.92. The number of ether oxygens (including phenoxy) is 1. The Balaban J connectivity index is 2.57. The Morgan fingerprint density at radius 3 is 2.70 bits per heavy atom. The van der Waals surface area contributed by atoms with Crippen LogP contribution in [-0.2, 0) is 0 Å². The van der Waals surface area contributed by atoms with Gasteiger partial charge in [0, 0.05) is 12.1 Å². The Bertz CT molecular complexity index is 447. The third-order valence-electron chi connectivity index (χ3n) is 2.81. The van der Waals surface area contributed by atoms with E-state index >= 15 is 0 Å². The molecule has 1 rings (SSSR count). The van der Waals surface area contributed by atoms with Gasteiger partial charge < -0.3 is 20.9 Å². The fraction of sp³-hybridized carbons (Fsp3) is 0.533. The Morgan fingerprint density at radius 1 is 1.45 bits per heavy atom. The predicted octanol–water partition coefficient (Wildman–Crippen LogP) is 1.80. The highest BCUT2D eigenvalue weighted by atomic mass is 16.5. The van der Waals surface area contributed by atoms with Crippen molar-refractivity contribution < 1.29 is 14.6 Å². The van der Waals surface area contributed by atoms with Gasteiger partial charge in [0.25, 0.3) is 5.91 Å². The zero-order valence-corrected chi connectivity index (χ0v) is 12.3. The first-order valence-electron chi connectivity index (χ1n) is 6.92. The largest absolute Gasteiger partial charge is 0.492 e. The lowest BCUT2D eigenvalue weighted by molar-refractivity contribution is 0.0900. The van der Waals surface area contributed by atoms with E-state index in [1.807, 2.05) is 20.8 Å². The smallest absolute Gasteiger partial charge is 0.251 e. The first kappa shape index (κ1) is 16.3. The molecule has 0 saturated carbocycles. The maximum atomic E-state index is 11.9. The number of benzene rings is 1. The van der Waals surface area contributed by atoms with Gasteiger partial charge in [-0.3, -0.25) is 4.79 Å². The van der Waals surface area contributed by atoms with Crippen LogP contribution in [0.25, 0.3) is 0 Å². The van der Waals surface area contributed by atoms with Crippen molar-refractivity contribution in [1.29, 1.82) is 0 Å². The highest BCUT2D eigenvalue weighted by Gasteiger charge is 2.12. The summed E-state index contributed by atoms with van der Waals surface area (Å²) in [4.78, 5) is 11.9. The van der Waals surface area contributed by atoms with Gasteiger partial charge >= 0.3 is 0 Å². The number of nitrogen functional groups attached to an aromatic ring is 1. The summed E-state index contributed by atoms with van der Waals surface area (Å²) >= 11 is 0. The minimum absolute atomic E-state index is 0.240. The topological polar surface area (TPSA) is 84.6 Å². The summed E-state index contributed by atoms with van der Waals surface area (Å²) in [5.41, 5.74) is 6.71. The fourth-order valence-electron chi connectivity index (χ4n) is 1.92. The second-order valence-corrected chi connectivity index (χ2v) is 5.18. The highest BCUT2D eigenvalue weighted by Crippen LogP contribution is 2.22. The Kier molecular flexibility index (Phi) is 6.31. The molecule has 0 radical (unpaired) electrons. The number of carbonyl (C=O) groups is 1. The number of amides is 1. The van der Waals surface area contributed by atoms with Crippen LogP contribution in [0, 0.1) is 5.92 Å². The minimum atomic E-state index is -0.529. The summed E-state index contributed by atoms with van der Waals surface area (Å²) < 4.78 is 5.32. The Hall–Kier alpha value is -1.75. The molecule has 1 aromatic carbocycles. The second kappa shape index (κ2) is 7.75. The molecule has 1 amide bonds. The average Bonchev–Trinajstić information content (AvgIpc) is 2.37. The van der Waals surface area contributed by atoms with E-state index in [0.717, 1.165) is 0 Å². The third-order valence-corrected chi connectivity index (χ3v) is 2.81. The quantitative estimate of drug-likeness (QED) is 0.665. The normalized spacial score (nSPS) is 12.2. The molecule has 0 aliphatic rings. The molecule has 0 aliphatic heterocycles. The minimum Gasteiger partial charge on any atom is -0.492 e. The van der Waals surface area contributed by atoms with Gasteiger partial charge in [-0.15, -0.1) is 0 Å². The number of hydrogen-bond donors (Lipinski definition) is 3. The van der Waals surface area contributed by atoms with Gasteiger partial charge in [-0.05, 0) is 37.5 Å². The summed E-state index contributed by atoms with van der Waals surface area (Å²) in [6.45, 7) is 6.69. The zero-order valence-electron chi connectivity index (χ0n) is 12.3. The summed E-state index contributed by atoms with van der Waals surface area (Å²) in [5, 5.41) is 12.4. The number of hydrogen-bond acceptors (Lipinski definition) is 4. The summed E-state index contributed by atoms with van der Waals surface area (Å²) in [5.74, 6) is 0.717. The van der Waals surface area contributed by atoms with Crippen molar-refractivity contribution in [1.82, 2.24) is 5.32 Å². The van der Waals surface area contributed by atoms with Gasteiger partial charge in [-0.2, -0.15) is 0 Å². The lowest BCUT2D eigenvalue weighted by Gasteiger charge is -2.14. The number of aliphatic hydroxyl groups is 1. The van der Waals surface area contributed by atoms with E-state index in [2.05, 4.69) is 5.32 Å². The van der Waals surface area contributed by atoms with Crippen LogP contribution in [-0.4, -0.2) is 30.3 Å². The number of carbonyl (C=O) groups excluding carboxylic acids is 1. The van der Waals surface area contributed by atoms with Crippen LogP contribution in [0.4, 0.5) is 5.69 Å². The summed E-state index contributed by atoms with van der Waals surface area (Å²) in [6, 6.07) is 4.92. The van der Waals surface area contributed by atoms with Gasteiger partial charge in [0.2, 0.25) is 0 Å². The van der Waals surface area contributed by atoms with Crippen molar-refractivity contribution in [3.63, 3.8) is 0 Å². The predicted molar refractivity (Wildman–Crippen MR) is 79.8 cm³/mol. The maximum absolute atomic E-state index is 11.9. The Labute approximate surface area is 120 Å². The number of anilines is 1. The average molecular weight is 280 g/mol. The molecule has 112 valence electrons. The third kappa shape index (κ3) is 5.09. The molecule has 0 heterocycles. The van der Waals surface area contributed by atoms with E-state index < -0.39 is 6.10 Å². The number of nitrogens with two attached hydrogens (primary N) is 1. The number of nitrogens with one attached hydrogen (secondary N) is 1. The molecule has 20 heavy (non-hydrogen) atoms. The molecule has 0 bridgehead atoms.